The molecule has 7 heteroatoms. The molecule has 1 aliphatic heterocycles. The lowest BCUT2D eigenvalue weighted by atomic mass is 10.1. The molecule has 1 saturated heterocycles. The number of rotatable bonds is 6. The zero-order valence-corrected chi connectivity index (χ0v) is 19.3. The molecule has 1 aliphatic carbocycles. The van der Waals surface area contributed by atoms with E-state index in [-0.39, 0.29) is 11.3 Å². The van der Waals surface area contributed by atoms with Crippen molar-refractivity contribution >= 4 is 34.2 Å². The summed E-state index contributed by atoms with van der Waals surface area (Å²) < 4.78 is 17.2. The summed E-state index contributed by atoms with van der Waals surface area (Å²) in [5, 5.41) is 3.46. The van der Waals surface area contributed by atoms with Crippen LogP contribution in [0.3, 0.4) is 0 Å². The van der Waals surface area contributed by atoms with Gasteiger partial charge in [-0.25, -0.2) is 0 Å². The van der Waals surface area contributed by atoms with E-state index in [0.29, 0.717) is 60.8 Å². The molecule has 2 aromatic carbocycles. The summed E-state index contributed by atoms with van der Waals surface area (Å²) in [6, 6.07) is 13.1. The van der Waals surface area contributed by atoms with Crippen LogP contribution >= 0.6 is 0 Å². The molecule has 1 N–H and O–H groups in total. The molecule has 1 amide bonds. The van der Waals surface area contributed by atoms with Crippen LogP contribution in [0.2, 0.25) is 0 Å². The highest BCUT2D eigenvalue weighted by Crippen LogP contribution is 2.35. The number of nitrogens with zero attached hydrogens (tertiary/aromatic N) is 1. The molecule has 34 heavy (non-hydrogen) atoms. The van der Waals surface area contributed by atoms with Crippen LogP contribution in [0.1, 0.15) is 30.2 Å². The van der Waals surface area contributed by atoms with Crippen molar-refractivity contribution < 1.29 is 18.7 Å². The summed E-state index contributed by atoms with van der Waals surface area (Å²) in [6.07, 6.45) is 3.45. The van der Waals surface area contributed by atoms with E-state index in [1.807, 2.05) is 31.2 Å². The van der Waals surface area contributed by atoms with E-state index in [1.54, 1.807) is 18.2 Å². The van der Waals surface area contributed by atoms with Gasteiger partial charge in [-0.2, -0.15) is 0 Å². The Labute approximate surface area is 198 Å². The van der Waals surface area contributed by atoms with Gasteiger partial charge in [-0.3, -0.25) is 14.5 Å². The van der Waals surface area contributed by atoms with Crippen LogP contribution in [0.15, 0.2) is 51.7 Å². The van der Waals surface area contributed by atoms with Gasteiger partial charge >= 0.3 is 0 Å². The largest absolute Gasteiger partial charge is 0.494 e. The van der Waals surface area contributed by atoms with Crippen molar-refractivity contribution in [3.05, 3.63) is 69.6 Å². The Morgan fingerprint density at radius 2 is 2.00 bits per heavy atom. The van der Waals surface area contributed by atoms with Gasteiger partial charge in [-0.1, -0.05) is 12.1 Å². The van der Waals surface area contributed by atoms with Crippen molar-refractivity contribution in [1.82, 2.24) is 4.90 Å². The molecule has 0 bridgehead atoms. The van der Waals surface area contributed by atoms with Crippen molar-refractivity contribution in [3.63, 3.8) is 0 Å². The fourth-order valence-corrected chi connectivity index (χ4v) is 4.53. The lowest BCUT2D eigenvalue weighted by molar-refractivity contribution is -0.118. The summed E-state index contributed by atoms with van der Waals surface area (Å²) >= 11 is 0. The molecule has 0 atom stereocenters. The maximum absolute atomic E-state index is 13.1. The third-order valence-corrected chi connectivity index (χ3v) is 6.19. The SMILES string of the molecule is CCOc1cccc(C=C2CCc3c2oc2cc(NC(=O)CN4CCOCC4)ccc2c3=O)c1. The monoisotopic (exact) mass is 460 g/mol. The van der Waals surface area contributed by atoms with Crippen molar-refractivity contribution in [2.24, 2.45) is 0 Å². The average molecular weight is 461 g/mol. The minimum atomic E-state index is -0.0977. The predicted molar refractivity (Wildman–Crippen MR) is 132 cm³/mol. The van der Waals surface area contributed by atoms with Gasteiger partial charge in [0, 0.05) is 30.4 Å². The molecule has 2 heterocycles. The second kappa shape index (κ2) is 9.83. The van der Waals surface area contributed by atoms with Crippen LogP contribution in [-0.2, 0) is 16.0 Å². The number of nitrogens with one attached hydrogen (secondary N) is 1. The summed E-state index contributed by atoms with van der Waals surface area (Å²) in [5.41, 5.74) is 3.79. The number of carbonyl (C=O) groups is 1. The summed E-state index contributed by atoms with van der Waals surface area (Å²) in [6.45, 7) is 5.65. The molecular formula is C27H28N2O5. The maximum Gasteiger partial charge on any atom is 0.238 e. The second-order valence-corrected chi connectivity index (χ2v) is 8.56. The van der Waals surface area contributed by atoms with E-state index in [9.17, 15) is 9.59 Å². The number of hydrogen-bond donors (Lipinski definition) is 1. The number of ether oxygens (including phenoxy) is 2. The molecule has 0 radical (unpaired) electrons. The number of benzene rings is 2. The number of anilines is 1. The lowest BCUT2D eigenvalue weighted by Gasteiger charge is -2.25. The fraction of sp³-hybridized carbons (Fsp3) is 0.333. The highest BCUT2D eigenvalue weighted by atomic mass is 16.5. The van der Waals surface area contributed by atoms with Gasteiger partial charge in [0.1, 0.15) is 17.1 Å². The number of morpholine rings is 1. The van der Waals surface area contributed by atoms with Crippen LogP contribution in [-0.4, -0.2) is 50.3 Å². The Morgan fingerprint density at radius 1 is 1.15 bits per heavy atom. The smallest absolute Gasteiger partial charge is 0.238 e. The van der Waals surface area contributed by atoms with Crippen LogP contribution in [0.5, 0.6) is 5.75 Å². The van der Waals surface area contributed by atoms with Gasteiger partial charge < -0.3 is 19.2 Å². The summed E-state index contributed by atoms with van der Waals surface area (Å²) in [5.74, 6) is 1.35. The molecule has 5 rings (SSSR count). The first-order valence-electron chi connectivity index (χ1n) is 11.7. The first kappa shape index (κ1) is 22.4. The third kappa shape index (κ3) is 4.76. The highest BCUT2D eigenvalue weighted by molar-refractivity contribution is 5.95. The van der Waals surface area contributed by atoms with Crippen molar-refractivity contribution in [2.45, 2.75) is 19.8 Å². The molecule has 1 aromatic heterocycles. The normalized spacial score (nSPS) is 17.1. The third-order valence-electron chi connectivity index (χ3n) is 6.19. The van der Waals surface area contributed by atoms with E-state index < -0.39 is 0 Å². The van der Waals surface area contributed by atoms with E-state index in [0.717, 1.165) is 36.4 Å². The van der Waals surface area contributed by atoms with Gasteiger partial charge in [0.2, 0.25) is 5.91 Å². The zero-order chi connectivity index (χ0) is 23.5. The molecule has 7 nitrogen and oxygen atoms in total. The number of carbonyl (C=O) groups excluding carboxylic acids is 1. The van der Waals surface area contributed by atoms with Crippen LogP contribution in [0, 0.1) is 0 Å². The molecular weight excluding hydrogens is 432 g/mol. The molecule has 2 aliphatic rings. The predicted octanol–water partition coefficient (Wildman–Crippen LogP) is 3.95. The first-order chi connectivity index (χ1) is 16.6. The summed E-state index contributed by atoms with van der Waals surface area (Å²) in [4.78, 5) is 27.7. The van der Waals surface area contributed by atoms with Crippen LogP contribution in [0.4, 0.5) is 5.69 Å². The lowest BCUT2D eigenvalue weighted by Crippen LogP contribution is -2.41. The van der Waals surface area contributed by atoms with Gasteiger partial charge in [0.05, 0.1) is 31.8 Å². The molecule has 0 saturated carbocycles. The minimum absolute atomic E-state index is 0.00564. The van der Waals surface area contributed by atoms with Crippen LogP contribution in [0.25, 0.3) is 22.6 Å². The Kier molecular flexibility index (Phi) is 6.47. The zero-order valence-electron chi connectivity index (χ0n) is 19.3. The Balaban J connectivity index is 1.41. The van der Waals surface area contributed by atoms with Gasteiger partial charge in [-0.15, -0.1) is 0 Å². The summed E-state index contributed by atoms with van der Waals surface area (Å²) in [7, 11) is 0. The van der Waals surface area contributed by atoms with Gasteiger partial charge in [-0.05, 0) is 61.2 Å². The van der Waals surface area contributed by atoms with Crippen molar-refractivity contribution in [3.8, 4) is 5.75 Å². The fourth-order valence-electron chi connectivity index (χ4n) is 4.53. The van der Waals surface area contributed by atoms with E-state index >= 15 is 0 Å². The second-order valence-electron chi connectivity index (χ2n) is 8.56. The number of fused-ring (bicyclic) bond motifs is 2. The van der Waals surface area contributed by atoms with Crippen molar-refractivity contribution in [1.29, 1.82) is 0 Å². The Morgan fingerprint density at radius 3 is 2.82 bits per heavy atom. The minimum Gasteiger partial charge on any atom is -0.494 e. The molecule has 1 fully saturated rings. The first-order valence-corrected chi connectivity index (χ1v) is 11.7. The standard InChI is InChI=1S/C27H28N2O5/c1-2-33-21-5-3-4-18(15-21)14-19-6-8-23-26(31)22-9-7-20(16-24(22)34-27(19)23)28-25(30)17-29-10-12-32-13-11-29/h3-5,7,9,14-16H,2,6,8,10-13,17H2,1H3,(H,28,30). The number of hydrogen-bond acceptors (Lipinski definition) is 6. The van der Waals surface area contributed by atoms with Gasteiger partial charge in [0.25, 0.3) is 0 Å². The number of amides is 1. The Bertz CT molecular complexity index is 1300. The van der Waals surface area contributed by atoms with E-state index in [2.05, 4.69) is 16.3 Å². The van der Waals surface area contributed by atoms with Crippen LogP contribution < -0.4 is 15.5 Å². The molecule has 3 aromatic rings. The van der Waals surface area contributed by atoms with Crippen molar-refractivity contribution in [2.75, 3.05) is 44.8 Å². The molecule has 0 spiro atoms. The highest BCUT2D eigenvalue weighted by Gasteiger charge is 2.24. The van der Waals surface area contributed by atoms with E-state index in [4.69, 9.17) is 13.9 Å². The molecule has 176 valence electrons. The topological polar surface area (TPSA) is 81.0 Å². The van der Waals surface area contributed by atoms with Gasteiger partial charge in [0.15, 0.2) is 5.43 Å². The number of allylic oxidation sites excluding steroid dienone is 1. The Hall–Kier alpha value is -3.42. The average Bonchev–Trinajstić information content (AvgIpc) is 3.23. The molecule has 0 unspecified atom stereocenters. The van der Waals surface area contributed by atoms with E-state index in [1.165, 1.54) is 0 Å². The quantitative estimate of drug-likeness (QED) is 0.600. The maximum atomic E-state index is 13.1.